The first-order chi connectivity index (χ1) is 4.98. The molecule has 0 aromatic rings. The number of hydrogen-bond donors (Lipinski definition) is 1. The Morgan fingerprint density at radius 2 is 2.18 bits per heavy atom. The van der Waals surface area contributed by atoms with Gasteiger partial charge >= 0.3 is 0 Å². The second kappa shape index (κ2) is 3.77. The molecule has 0 spiro atoms. The zero-order chi connectivity index (χ0) is 8.91. The molecule has 0 unspecified atom stereocenters. The van der Waals surface area contributed by atoms with E-state index in [1.54, 1.807) is 6.08 Å². The summed E-state index contributed by atoms with van der Waals surface area (Å²) in [7, 11) is 0. The minimum absolute atomic E-state index is 0.0995. The van der Waals surface area contributed by atoms with Gasteiger partial charge in [0, 0.05) is 13.0 Å². The van der Waals surface area contributed by atoms with Crippen molar-refractivity contribution in [3.05, 3.63) is 12.2 Å². The van der Waals surface area contributed by atoms with Gasteiger partial charge in [0.1, 0.15) is 0 Å². The van der Waals surface area contributed by atoms with Gasteiger partial charge in [-0.25, -0.2) is 0 Å². The van der Waals surface area contributed by atoms with E-state index in [1.807, 2.05) is 19.9 Å². The van der Waals surface area contributed by atoms with Gasteiger partial charge in [-0.1, -0.05) is 0 Å². The van der Waals surface area contributed by atoms with Crippen molar-refractivity contribution in [2.75, 3.05) is 0 Å². The van der Waals surface area contributed by atoms with Crippen LogP contribution in [0.1, 0.15) is 20.8 Å². The zero-order valence-electron chi connectivity index (χ0n) is 7.01. The summed E-state index contributed by atoms with van der Waals surface area (Å²) >= 11 is 0. The molecule has 1 amide bonds. The first-order valence-electron chi connectivity index (χ1n) is 3.34. The average molecular weight is 152 g/mol. The summed E-state index contributed by atoms with van der Waals surface area (Å²) in [6, 6.07) is 1.87. The molecular formula is C8H12N2O. The second-order valence-electron chi connectivity index (χ2n) is 2.87. The smallest absolute Gasteiger partial charge is 0.217 e. The Hall–Kier alpha value is -1.30. The maximum absolute atomic E-state index is 10.6. The average Bonchev–Trinajstić information content (AvgIpc) is 1.81. The van der Waals surface area contributed by atoms with E-state index in [0.29, 0.717) is 0 Å². The molecule has 60 valence electrons. The first kappa shape index (κ1) is 9.70. The summed E-state index contributed by atoms with van der Waals surface area (Å²) in [5.74, 6) is -0.0995. The number of hydrogen-bond acceptors (Lipinski definition) is 2. The molecule has 0 radical (unpaired) electrons. The van der Waals surface area contributed by atoms with Crippen LogP contribution in [0.4, 0.5) is 0 Å². The highest BCUT2D eigenvalue weighted by Crippen LogP contribution is 2.02. The minimum atomic E-state index is -0.429. The molecule has 0 aliphatic heterocycles. The molecule has 0 atom stereocenters. The van der Waals surface area contributed by atoms with E-state index < -0.39 is 5.54 Å². The number of rotatable bonds is 2. The van der Waals surface area contributed by atoms with E-state index in [4.69, 9.17) is 5.26 Å². The predicted molar refractivity (Wildman–Crippen MR) is 42.6 cm³/mol. The number of amides is 1. The molecule has 1 N–H and O–H groups in total. The van der Waals surface area contributed by atoms with Crippen molar-refractivity contribution in [2.45, 2.75) is 26.3 Å². The molecule has 0 bridgehead atoms. The van der Waals surface area contributed by atoms with Crippen molar-refractivity contribution >= 4 is 5.91 Å². The summed E-state index contributed by atoms with van der Waals surface area (Å²) in [5, 5.41) is 10.9. The van der Waals surface area contributed by atoms with E-state index in [0.717, 1.165) is 0 Å². The van der Waals surface area contributed by atoms with Crippen LogP contribution in [0.3, 0.4) is 0 Å². The zero-order valence-corrected chi connectivity index (χ0v) is 7.01. The van der Waals surface area contributed by atoms with Crippen LogP contribution >= 0.6 is 0 Å². The van der Waals surface area contributed by atoms with Crippen LogP contribution in [-0.2, 0) is 4.79 Å². The number of nitrogens with zero attached hydrogens (tertiary/aromatic N) is 1. The van der Waals surface area contributed by atoms with E-state index in [-0.39, 0.29) is 5.91 Å². The quantitative estimate of drug-likeness (QED) is 0.600. The maximum Gasteiger partial charge on any atom is 0.217 e. The van der Waals surface area contributed by atoms with Gasteiger partial charge in [-0.3, -0.25) is 4.79 Å². The van der Waals surface area contributed by atoms with Crippen molar-refractivity contribution in [1.82, 2.24) is 5.32 Å². The largest absolute Gasteiger partial charge is 0.348 e. The molecule has 3 nitrogen and oxygen atoms in total. The predicted octanol–water partition coefficient (Wildman–Crippen LogP) is 0.981. The fourth-order valence-electron chi connectivity index (χ4n) is 0.741. The lowest BCUT2D eigenvalue weighted by atomic mass is 10.1. The minimum Gasteiger partial charge on any atom is -0.348 e. The highest BCUT2D eigenvalue weighted by molar-refractivity contribution is 5.74. The fourth-order valence-corrected chi connectivity index (χ4v) is 0.741. The molecule has 0 rings (SSSR count). The van der Waals surface area contributed by atoms with Crippen LogP contribution in [0.2, 0.25) is 0 Å². The monoisotopic (exact) mass is 152 g/mol. The Kier molecular flexibility index (Phi) is 3.32. The lowest BCUT2D eigenvalue weighted by Gasteiger charge is -2.20. The standard InChI is InChI=1S/C8H12N2O/c1-7(11)10-8(2,3)5-4-6-9/h4-5H,1-3H3,(H,10,11)/b5-4+. The number of carbonyl (C=O) groups excluding carboxylic acids is 1. The molecule has 3 heteroatoms. The summed E-state index contributed by atoms with van der Waals surface area (Å²) in [6.07, 6.45) is 3.00. The Morgan fingerprint density at radius 1 is 1.64 bits per heavy atom. The molecule has 0 aliphatic carbocycles. The van der Waals surface area contributed by atoms with Gasteiger partial charge < -0.3 is 5.32 Å². The van der Waals surface area contributed by atoms with Crippen LogP contribution in [0, 0.1) is 11.3 Å². The third kappa shape index (κ3) is 5.16. The van der Waals surface area contributed by atoms with Gasteiger partial charge in [0.25, 0.3) is 0 Å². The highest BCUT2D eigenvalue weighted by Gasteiger charge is 2.13. The topological polar surface area (TPSA) is 52.9 Å². The lowest BCUT2D eigenvalue weighted by Crippen LogP contribution is -2.40. The molecule has 0 aromatic carbocycles. The third-order valence-electron chi connectivity index (χ3n) is 1.07. The van der Waals surface area contributed by atoms with Gasteiger partial charge in [-0.15, -0.1) is 0 Å². The van der Waals surface area contributed by atoms with Crippen molar-refractivity contribution < 1.29 is 4.79 Å². The van der Waals surface area contributed by atoms with E-state index in [2.05, 4.69) is 5.32 Å². The Morgan fingerprint density at radius 3 is 2.55 bits per heavy atom. The highest BCUT2D eigenvalue weighted by atomic mass is 16.1. The molecule has 0 fully saturated rings. The SMILES string of the molecule is CC(=O)NC(C)(C)/C=C/C#N. The molecule has 0 aliphatic rings. The Bertz CT molecular complexity index is 211. The van der Waals surface area contributed by atoms with Gasteiger partial charge in [-0.2, -0.15) is 5.26 Å². The number of carbonyl (C=O) groups is 1. The summed E-state index contributed by atoms with van der Waals surface area (Å²) in [5.41, 5.74) is -0.429. The van der Waals surface area contributed by atoms with E-state index >= 15 is 0 Å². The molecule has 0 heterocycles. The van der Waals surface area contributed by atoms with Crippen LogP contribution in [0.5, 0.6) is 0 Å². The molecule has 0 saturated heterocycles. The third-order valence-corrected chi connectivity index (χ3v) is 1.07. The van der Waals surface area contributed by atoms with Gasteiger partial charge in [-0.05, 0) is 19.9 Å². The van der Waals surface area contributed by atoms with Crippen LogP contribution in [0.15, 0.2) is 12.2 Å². The van der Waals surface area contributed by atoms with Gasteiger partial charge in [0.15, 0.2) is 0 Å². The van der Waals surface area contributed by atoms with Crippen molar-refractivity contribution in [3.8, 4) is 6.07 Å². The van der Waals surface area contributed by atoms with Crippen LogP contribution in [0.25, 0.3) is 0 Å². The molecular weight excluding hydrogens is 140 g/mol. The number of nitrogens with one attached hydrogen (secondary N) is 1. The van der Waals surface area contributed by atoms with Crippen LogP contribution in [-0.4, -0.2) is 11.4 Å². The lowest BCUT2D eigenvalue weighted by molar-refractivity contribution is -0.120. The molecule has 11 heavy (non-hydrogen) atoms. The summed E-state index contributed by atoms with van der Waals surface area (Å²) in [6.45, 7) is 5.09. The fraction of sp³-hybridized carbons (Fsp3) is 0.500. The van der Waals surface area contributed by atoms with Gasteiger partial charge in [0.05, 0.1) is 11.6 Å². The van der Waals surface area contributed by atoms with Crippen molar-refractivity contribution in [1.29, 1.82) is 5.26 Å². The van der Waals surface area contributed by atoms with E-state index in [9.17, 15) is 4.79 Å². The van der Waals surface area contributed by atoms with Crippen molar-refractivity contribution in [3.63, 3.8) is 0 Å². The summed E-state index contributed by atoms with van der Waals surface area (Å²) < 4.78 is 0. The molecule has 0 aromatic heterocycles. The second-order valence-corrected chi connectivity index (χ2v) is 2.87. The first-order valence-corrected chi connectivity index (χ1v) is 3.34. The molecule has 0 saturated carbocycles. The number of allylic oxidation sites excluding steroid dienone is 1. The Labute approximate surface area is 66.7 Å². The normalized spacial score (nSPS) is 11.1. The number of nitriles is 1. The van der Waals surface area contributed by atoms with Crippen molar-refractivity contribution in [2.24, 2.45) is 0 Å². The summed E-state index contributed by atoms with van der Waals surface area (Å²) in [4.78, 5) is 10.6. The Balaban J connectivity index is 4.13. The van der Waals surface area contributed by atoms with E-state index in [1.165, 1.54) is 13.0 Å². The van der Waals surface area contributed by atoms with Crippen LogP contribution < -0.4 is 5.32 Å². The van der Waals surface area contributed by atoms with Gasteiger partial charge in [0.2, 0.25) is 5.91 Å². The maximum atomic E-state index is 10.6.